The molecular weight excluding hydrogens is 457 g/mol. The van der Waals surface area contributed by atoms with Crippen LogP contribution in [0.1, 0.15) is 27.2 Å². The van der Waals surface area contributed by atoms with E-state index < -0.39 is 22.9 Å². The lowest BCUT2D eigenvalue weighted by Gasteiger charge is -2.14. The van der Waals surface area contributed by atoms with Gasteiger partial charge in [0.1, 0.15) is 17.3 Å². The number of carbonyl (C=O) groups is 3. The molecule has 1 fully saturated rings. The summed E-state index contributed by atoms with van der Waals surface area (Å²) in [4.78, 5) is 37.3. The van der Waals surface area contributed by atoms with Crippen LogP contribution in [0.5, 0.6) is 0 Å². The molecule has 2 heterocycles. The summed E-state index contributed by atoms with van der Waals surface area (Å²) in [5, 5.41) is 8.70. The molecule has 1 N–H and O–H groups in total. The normalized spacial score (nSPS) is 15.1. The molecule has 0 unspecified atom stereocenters. The highest BCUT2D eigenvalue weighted by Crippen LogP contribution is 2.35. The highest BCUT2D eigenvalue weighted by molar-refractivity contribution is 8.18. The van der Waals surface area contributed by atoms with Gasteiger partial charge in [-0.1, -0.05) is 23.7 Å². The van der Waals surface area contributed by atoms with Crippen molar-refractivity contribution in [3.05, 3.63) is 86.7 Å². The minimum atomic E-state index is -1.02. The zero-order valence-corrected chi connectivity index (χ0v) is 18.2. The number of thioether (sulfide) groups is 1. The Kier molecular flexibility index (Phi) is 5.90. The van der Waals surface area contributed by atoms with E-state index in [4.69, 9.17) is 21.1 Å². The lowest BCUT2D eigenvalue weighted by Crippen LogP contribution is -2.28. The number of aromatic carboxylic acids is 1. The van der Waals surface area contributed by atoms with Crippen molar-refractivity contribution in [2.75, 3.05) is 0 Å². The van der Waals surface area contributed by atoms with Gasteiger partial charge in [-0.3, -0.25) is 14.5 Å². The third-order valence-corrected chi connectivity index (χ3v) is 6.15. The zero-order chi connectivity index (χ0) is 23.0. The van der Waals surface area contributed by atoms with Crippen molar-refractivity contribution in [3.63, 3.8) is 0 Å². The Balaban J connectivity index is 1.57. The Morgan fingerprint density at radius 1 is 1.22 bits per heavy atom. The summed E-state index contributed by atoms with van der Waals surface area (Å²) in [5.74, 6) is -1.36. The molecule has 0 saturated carbocycles. The summed E-state index contributed by atoms with van der Waals surface area (Å²) in [5.41, 5.74) is 1.66. The van der Waals surface area contributed by atoms with E-state index in [1.807, 2.05) is 0 Å². The Labute approximate surface area is 191 Å². The summed E-state index contributed by atoms with van der Waals surface area (Å²) in [6.07, 6.45) is 1.44. The Hall–Kier alpha value is -3.36. The average molecular weight is 472 g/mol. The number of halogens is 2. The van der Waals surface area contributed by atoms with Gasteiger partial charge in [0.2, 0.25) is 0 Å². The van der Waals surface area contributed by atoms with Crippen LogP contribution in [0.25, 0.3) is 17.4 Å². The quantitative estimate of drug-likeness (QED) is 0.460. The molecule has 0 bridgehead atoms. The lowest BCUT2D eigenvalue weighted by atomic mass is 10.0. The number of benzene rings is 2. The first-order valence-corrected chi connectivity index (χ1v) is 10.6. The molecule has 0 aliphatic carbocycles. The number of carbonyl (C=O) groups excluding carboxylic acids is 2. The molecule has 1 aliphatic heterocycles. The number of hydrogen-bond donors (Lipinski definition) is 1. The van der Waals surface area contributed by atoms with E-state index in [0.29, 0.717) is 22.6 Å². The van der Waals surface area contributed by atoms with Gasteiger partial charge in [-0.25, -0.2) is 9.18 Å². The molecular formula is C23H15ClFNO5S. The van der Waals surface area contributed by atoms with Crippen molar-refractivity contribution < 1.29 is 28.3 Å². The summed E-state index contributed by atoms with van der Waals surface area (Å²) < 4.78 is 19.9. The van der Waals surface area contributed by atoms with Crippen molar-refractivity contribution in [1.82, 2.24) is 4.90 Å². The van der Waals surface area contributed by atoms with Crippen LogP contribution in [0, 0.1) is 12.7 Å². The minimum absolute atomic E-state index is 0.0679. The fraction of sp³-hybridized carbons (Fsp3) is 0.0870. The SMILES string of the molecule is Cc1cc(C(=O)O)ccc1-c1ccc(C=C2SC(=O)N(Cc3c(F)cccc3Cl)C2=O)o1. The van der Waals surface area contributed by atoms with E-state index in [0.717, 1.165) is 16.7 Å². The highest BCUT2D eigenvalue weighted by atomic mass is 35.5. The molecule has 162 valence electrons. The fourth-order valence-corrected chi connectivity index (χ4v) is 4.30. The van der Waals surface area contributed by atoms with Crippen molar-refractivity contribution in [2.24, 2.45) is 0 Å². The number of aryl methyl sites for hydroxylation is 1. The van der Waals surface area contributed by atoms with E-state index in [1.54, 1.807) is 31.2 Å². The smallest absolute Gasteiger partial charge is 0.335 e. The van der Waals surface area contributed by atoms with Crippen molar-refractivity contribution in [2.45, 2.75) is 13.5 Å². The van der Waals surface area contributed by atoms with Gasteiger partial charge in [0.25, 0.3) is 11.1 Å². The van der Waals surface area contributed by atoms with Crippen molar-refractivity contribution >= 4 is 46.6 Å². The molecule has 0 spiro atoms. The monoisotopic (exact) mass is 471 g/mol. The summed E-state index contributed by atoms with van der Waals surface area (Å²) in [6.45, 7) is 1.50. The van der Waals surface area contributed by atoms with Crippen LogP contribution < -0.4 is 0 Å². The average Bonchev–Trinajstić information content (AvgIpc) is 3.30. The molecule has 1 saturated heterocycles. The lowest BCUT2D eigenvalue weighted by molar-refractivity contribution is -0.123. The maximum absolute atomic E-state index is 14.1. The maximum atomic E-state index is 14.1. The van der Waals surface area contributed by atoms with Gasteiger partial charge in [-0.15, -0.1) is 0 Å². The van der Waals surface area contributed by atoms with E-state index in [9.17, 15) is 18.8 Å². The standard InChI is InChI=1S/C23H15ClFNO5S/c1-12-9-13(22(28)29)5-7-15(12)19-8-6-14(31-19)10-20-21(27)26(23(30)32-20)11-16-17(24)3-2-4-18(16)25/h2-10H,11H2,1H3,(H,28,29). The Morgan fingerprint density at radius 2 is 2.00 bits per heavy atom. The van der Waals surface area contributed by atoms with Gasteiger partial charge in [0.15, 0.2) is 0 Å². The second-order valence-corrected chi connectivity index (χ2v) is 8.41. The van der Waals surface area contributed by atoms with Gasteiger partial charge in [-0.05, 0) is 60.6 Å². The molecule has 0 radical (unpaired) electrons. The maximum Gasteiger partial charge on any atom is 0.335 e. The molecule has 1 aromatic heterocycles. The Morgan fingerprint density at radius 3 is 2.69 bits per heavy atom. The molecule has 4 rings (SSSR count). The summed E-state index contributed by atoms with van der Waals surface area (Å²) >= 11 is 6.74. The number of carboxylic acids is 1. The van der Waals surface area contributed by atoms with Crippen LogP contribution in [0.4, 0.5) is 9.18 Å². The van der Waals surface area contributed by atoms with Crippen LogP contribution in [-0.2, 0) is 11.3 Å². The van der Waals surface area contributed by atoms with Crippen LogP contribution in [-0.4, -0.2) is 27.1 Å². The number of carboxylic acid groups (broad SMARTS) is 1. The van der Waals surface area contributed by atoms with E-state index >= 15 is 0 Å². The molecule has 2 amide bonds. The number of furan rings is 1. The van der Waals surface area contributed by atoms with Crippen molar-refractivity contribution in [3.8, 4) is 11.3 Å². The molecule has 32 heavy (non-hydrogen) atoms. The largest absolute Gasteiger partial charge is 0.478 e. The van der Waals surface area contributed by atoms with Gasteiger partial charge < -0.3 is 9.52 Å². The molecule has 6 nitrogen and oxygen atoms in total. The van der Waals surface area contributed by atoms with E-state index in [1.165, 1.54) is 30.3 Å². The number of rotatable bonds is 5. The van der Waals surface area contributed by atoms with Gasteiger partial charge >= 0.3 is 5.97 Å². The van der Waals surface area contributed by atoms with E-state index in [2.05, 4.69) is 0 Å². The predicted molar refractivity (Wildman–Crippen MR) is 119 cm³/mol. The number of hydrogen-bond acceptors (Lipinski definition) is 5. The second kappa shape index (κ2) is 8.64. The second-order valence-electron chi connectivity index (χ2n) is 7.00. The first kappa shape index (κ1) is 21.9. The van der Waals surface area contributed by atoms with Crippen LogP contribution in [0.2, 0.25) is 5.02 Å². The van der Waals surface area contributed by atoms with Crippen LogP contribution >= 0.6 is 23.4 Å². The summed E-state index contributed by atoms with van der Waals surface area (Å²) in [7, 11) is 0. The third-order valence-electron chi connectivity index (χ3n) is 4.89. The number of imide groups is 1. The van der Waals surface area contributed by atoms with Crippen molar-refractivity contribution in [1.29, 1.82) is 0 Å². The molecule has 3 aromatic rings. The Bertz CT molecular complexity index is 1280. The van der Waals surface area contributed by atoms with Gasteiger partial charge in [0.05, 0.1) is 17.0 Å². The van der Waals surface area contributed by atoms with Crippen LogP contribution in [0.3, 0.4) is 0 Å². The predicted octanol–water partition coefficient (Wildman–Crippen LogP) is 5.98. The minimum Gasteiger partial charge on any atom is -0.478 e. The van der Waals surface area contributed by atoms with Gasteiger partial charge in [-0.2, -0.15) is 0 Å². The fourth-order valence-electron chi connectivity index (χ4n) is 3.26. The highest BCUT2D eigenvalue weighted by Gasteiger charge is 2.36. The first-order chi connectivity index (χ1) is 15.2. The topological polar surface area (TPSA) is 87.8 Å². The first-order valence-electron chi connectivity index (χ1n) is 9.37. The molecule has 1 aliphatic rings. The third kappa shape index (κ3) is 4.19. The molecule has 0 atom stereocenters. The van der Waals surface area contributed by atoms with Gasteiger partial charge in [0, 0.05) is 22.2 Å². The summed E-state index contributed by atoms with van der Waals surface area (Å²) in [6, 6.07) is 12.1. The van der Waals surface area contributed by atoms with E-state index in [-0.39, 0.29) is 27.6 Å². The van der Waals surface area contributed by atoms with Crippen LogP contribution in [0.15, 0.2) is 57.9 Å². The molecule has 2 aromatic carbocycles. The molecule has 9 heteroatoms. The number of nitrogens with zero attached hydrogens (tertiary/aromatic N) is 1. The zero-order valence-electron chi connectivity index (χ0n) is 16.6. The number of amides is 2.